The van der Waals surface area contributed by atoms with Crippen molar-refractivity contribution in [1.82, 2.24) is 0 Å². The number of hydrogen-bond acceptors (Lipinski definition) is 2. The van der Waals surface area contributed by atoms with E-state index in [0.29, 0.717) is 4.99 Å². The van der Waals surface area contributed by atoms with E-state index in [1.54, 1.807) is 0 Å². The second-order valence-corrected chi connectivity index (χ2v) is 4.12. The van der Waals surface area contributed by atoms with Gasteiger partial charge in [-0.25, -0.2) is 0 Å². The lowest BCUT2D eigenvalue weighted by Gasteiger charge is -2.15. The SMILES string of the molecule is CCC(C)Oc1cc(C(N)=S)ccc1C. The maximum Gasteiger partial charge on any atom is 0.123 e. The number of nitrogens with two attached hydrogens (primary N) is 1. The van der Waals surface area contributed by atoms with E-state index in [9.17, 15) is 0 Å². The molecule has 1 unspecified atom stereocenters. The second-order valence-electron chi connectivity index (χ2n) is 3.68. The molecule has 0 bridgehead atoms. The van der Waals surface area contributed by atoms with Crippen LogP contribution in [-0.2, 0) is 0 Å². The Morgan fingerprint density at radius 1 is 1.53 bits per heavy atom. The van der Waals surface area contributed by atoms with Gasteiger partial charge < -0.3 is 10.5 Å². The van der Waals surface area contributed by atoms with Gasteiger partial charge in [0.2, 0.25) is 0 Å². The molecule has 0 aromatic heterocycles. The largest absolute Gasteiger partial charge is 0.490 e. The van der Waals surface area contributed by atoms with Crippen molar-refractivity contribution >= 4 is 17.2 Å². The van der Waals surface area contributed by atoms with Crippen molar-refractivity contribution in [3.8, 4) is 5.75 Å². The van der Waals surface area contributed by atoms with Gasteiger partial charge in [0.05, 0.1) is 6.10 Å². The quantitative estimate of drug-likeness (QED) is 0.797. The molecule has 15 heavy (non-hydrogen) atoms. The van der Waals surface area contributed by atoms with Crippen molar-refractivity contribution in [2.24, 2.45) is 5.73 Å². The van der Waals surface area contributed by atoms with Crippen molar-refractivity contribution < 1.29 is 4.74 Å². The van der Waals surface area contributed by atoms with Gasteiger partial charge in [0.1, 0.15) is 10.7 Å². The summed E-state index contributed by atoms with van der Waals surface area (Å²) in [5.41, 5.74) is 7.53. The maximum absolute atomic E-state index is 5.77. The summed E-state index contributed by atoms with van der Waals surface area (Å²) in [7, 11) is 0. The lowest BCUT2D eigenvalue weighted by Crippen LogP contribution is -2.13. The van der Waals surface area contributed by atoms with Crippen molar-refractivity contribution in [3.63, 3.8) is 0 Å². The summed E-state index contributed by atoms with van der Waals surface area (Å²) in [5.74, 6) is 0.870. The van der Waals surface area contributed by atoms with E-state index in [1.165, 1.54) is 0 Å². The minimum Gasteiger partial charge on any atom is -0.490 e. The van der Waals surface area contributed by atoms with Crippen LogP contribution in [0, 0.1) is 6.92 Å². The molecule has 0 fully saturated rings. The van der Waals surface area contributed by atoms with Crippen LogP contribution in [0.3, 0.4) is 0 Å². The third-order valence-electron chi connectivity index (χ3n) is 2.38. The molecule has 0 radical (unpaired) electrons. The minimum absolute atomic E-state index is 0.213. The number of rotatable bonds is 4. The Morgan fingerprint density at radius 3 is 2.73 bits per heavy atom. The highest BCUT2D eigenvalue weighted by atomic mass is 32.1. The number of ether oxygens (including phenoxy) is 1. The molecule has 0 saturated heterocycles. The zero-order valence-electron chi connectivity index (χ0n) is 9.41. The van der Waals surface area contributed by atoms with Crippen molar-refractivity contribution in [2.75, 3.05) is 0 Å². The number of aryl methyl sites for hydroxylation is 1. The number of hydrogen-bond donors (Lipinski definition) is 1. The summed E-state index contributed by atoms with van der Waals surface area (Å²) < 4.78 is 5.77. The first kappa shape index (κ1) is 12.0. The topological polar surface area (TPSA) is 35.2 Å². The zero-order valence-corrected chi connectivity index (χ0v) is 10.2. The molecule has 0 aliphatic carbocycles. The molecule has 0 aliphatic rings. The summed E-state index contributed by atoms with van der Waals surface area (Å²) in [6, 6.07) is 5.80. The Morgan fingerprint density at radius 2 is 2.20 bits per heavy atom. The predicted octanol–water partition coefficient (Wildman–Crippen LogP) is 2.81. The normalized spacial score (nSPS) is 12.2. The minimum atomic E-state index is 0.213. The van der Waals surface area contributed by atoms with Crippen LogP contribution >= 0.6 is 12.2 Å². The molecule has 0 amide bonds. The van der Waals surface area contributed by atoms with E-state index in [0.717, 1.165) is 23.3 Å². The first-order valence-electron chi connectivity index (χ1n) is 5.11. The molecule has 3 heteroatoms. The monoisotopic (exact) mass is 223 g/mol. The standard InChI is InChI=1S/C12H17NOS/c1-4-9(3)14-11-7-10(12(13)15)6-5-8(11)2/h5-7,9H,4H2,1-3H3,(H2,13,15). The average Bonchev–Trinajstić information content (AvgIpc) is 2.20. The second kappa shape index (κ2) is 5.12. The highest BCUT2D eigenvalue weighted by Crippen LogP contribution is 2.21. The van der Waals surface area contributed by atoms with Crippen molar-refractivity contribution in [3.05, 3.63) is 29.3 Å². The van der Waals surface area contributed by atoms with Crippen LogP contribution in [0.5, 0.6) is 5.75 Å². The van der Waals surface area contributed by atoms with Gasteiger partial charge in [-0.3, -0.25) is 0 Å². The molecule has 1 atom stereocenters. The molecule has 82 valence electrons. The van der Waals surface area contributed by atoms with Gasteiger partial charge in [-0.15, -0.1) is 0 Å². The fraction of sp³-hybridized carbons (Fsp3) is 0.417. The lowest BCUT2D eigenvalue weighted by atomic mass is 10.1. The van der Waals surface area contributed by atoms with Crippen LogP contribution in [0.1, 0.15) is 31.4 Å². The molecule has 1 aromatic carbocycles. The first-order chi connectivity index (χ1) is 7.04. The summed E-state index contributed by atoms with van der Waals surface area (Å²) >= 11 is 4.93. The molecule has 0 saturated carbocycles. The van der Waals surface area contributed by atoms with Gasteiger partial charge in [0.25, 0.3) is 0 Å². The zero-order chi connectivity index (χ0) is 11.4. The molecule has 1 aromatic rings. The molecular weight excluding hydrogens is 206 g/mol. The first-order valence-corrected chi connectivity index (χ1v) is 5.52. The summed E-state index contributed by atoms with van der Waals surface area (Å²) in [6.07, 6.45) is 1.20. The Labute approximate surface area is 96.4 Å². The van der Waals surface area contributed by atoms with E-state index in [1.807, 2.05) is 32.0 Å². The third kappa shape index (κ3) is 3.20. The van der Waals surface area contributed by atoms with Gasteiger partial charge in [0.15, 0.2) is 0 Å². The summed E-state index contributed by atoms with van der Waals surface area (Å²) in [5, 5.41) is 0. The lowest BCUT2D eigenvalue weighted by molar-refractivity contribution is 0.216. The molecule has 0 spiro atoms. The highest BCUT2D eigenvalue weighted by Gasteiger charge is 2.06. The van der Waals surface area contributed by atoms with Crippen LogP contribution in [0.15, 0.2) is 18.2 Å². The van der Waals surface area contributed by atoms with Crippen molar-refractivity contribution in [1.29, 1.82) is 0 Å². The molecule has 1 rings (SSSR count). The van der Waals surface area contributed by atoms with Gasteiger partial charge in [-0.1, -0.05) is 31.3 Å². The molecular formula is C12H17NOS. The highest BCUT2D eigenvalue weighted by molar-refractivity contribution is 7.80. The Balaban J connectivity index is 2.95. The van der Waals surface area contributed by atoms with Gasteiger partial charge in [-0.2, -0.15) is 0 Å². The van der Waals surface area contributed by atoms with E-state index >= 15 is 0 Å². The van der Waals surface area contributed by atoms with Crippen LogP contribution in [0.25, 0.3) is 0 Å². The van der Waals surface area contributed by atoms with Crippen LogP contribution < -0.4 is 10.5 Å². The van der Waals surface area contributed by atoms with Crippen LogP contribution in [0.2, 0.25) is 0 Å². The maximum atomic E-state index is 5.77. The Hall–Kier alpha value is -1.09. The molecule has 0 heterocycles. The number of benzene rings is 1. The van der Waals surface area contributed by atoms with Crippen LogP contribution in [-0.4, -0.2) is 11.1 Å². The van der Waals surface area contributed by atoms with E-state index in [4.69, 9.17) is 22.7 Å². The summed E-state index contributed by atoms with van der Waals surface area (Å²) in [4.78, 5) is 0.406. The summed E-state index contributed by atoms with van der Waals surface area (Å²) in [6.45, 7) is 6.16. The fourth-order valence-corrected chi connectivity index (χ4v) is 1.31. The Kier molecular flexibility index (Phi) is 4.09. The van der Waals surface area contributed by atoms with Gasteiger partial charge >= 0.3 is 0 Å². The third-order valence-corrected chi connectivity index (χ3v) is 2.61. The van der Waals surface area contributed by atoms with Gasteiger partial charge in [0, 0.05) is 5.56 Å². The Bertz CT molecular complexity index is 363. The van der Waals surface area contributed by atoms with Crippen molar-refractivity contribution in [2.45, 2.75) is 33.3 Å². The fourth-order valence-electron chi connectivity index (χ4n) is 1.18. The molecule has 2 nitrogen and oxygen atoms in total. The molecule has 0 aliphatic heterocycles. The average molecular weight is 223 g/mol. The van der Waals surface area contributed by atoms with E-state index in [-0.39, 0.29) is 6.10 Å². The predicted molar refractivity (Wildman–Crippen MR) is 67.4 cm³/mol. The van der Waals surface area contributed by atoms with Crippen LogP contribution in [0.4, 0.5) is 0 Å². The number of thiocarbonyl (C=S) groups is 1. The van der Waals surface area contributed by atoms with E-state index < -0.39 is 0 Å². The van der Waals surface area contributed by atoms with Gasteiger partial charge in [-0.05, 0) is 31.9 Å². The van der Waals surface area contributed by atoms with E-state index in [2.05, 4.69) is 6.92 Å². The smallest absolute Gasteiger partial charge is 0.123 e. The molecule has 2 N–H and O–H groups in total.